The van der Waals surface area contributed by atoms with E-state index in [9.17, 15) is 4.79 Å². The van der Waals surface area contributed by atoms with Gasteiger partial charge in [0.2, 0.25) is 0 Å². The van der Waals surface area contributed by atoms with Gasteiger partial charge in [-0.3, -0.25) is 0 Å². The smallest absolute Gasteiger partial charge is 0.337 e. The number of hydrogen-bond acceptors (Lipinski definition) is 4. The largest absolute Gasteiger partial charge is 0.478 e. The van der Waals surface area contributed by atoms with Gasteiger partial charge in [0.05, 0.1) is 25.4 Å². The number of anilines is 1. The summed E-state index contributed by atoms with van der Waals surface area (Å²) in [6.07, 6.45) is 0. The average Bonchev–Trinajstić information content (AvgIpc) is 2.33. The average molecular weight is 253 g/mol. The SMILES string of the molecule is COCCOCCNc1cc(C)ccc1C(=O)O. The van der Waals surface area contributed by atoms with E-state index in [1.165, 1.54) is 0 Å². The Hall–Kier alpha value is -1.59. The standard InChI is InChI=1S/C13H19NO4/c1-10-3-4-11(13(15)16)12(9-10)14-5-6-18-8-7-17-2/h3-4,9,14H,5-8H2,1-2H3,(H,15,16). The van der Waals surface area contributed by atoms with Crippen molar-refractivity contribution in [1.29, 1.82) is 0 Å². The van der Waals surface area contributed by atoms with Gasteiger partial charge >= 0.3 is 5.97 Å². The fourth-order valence-corrected chi connectivity index (χ4v) is 1.49. The number of methoxy groups -OCH3 is 1. The summed E-state index contributed by atoms with van der Waals surface area (Å²) in [7, 11) is 1.62. The molecule has 0 aliphatic carbocycles. The van der Waals surface area contributed by atoms with Crippen LogP contribution in [0.2, 0.25) is 0 Å². The van der Waals surface area contributed by atoms with Crippen LogP contribution in [-0.2, 0) is 9.47 Å². The second kappa shape index (κ2) is 7.68. The number of carbonyl (C=O) groups is 1. The van der Waals surface area contributed by atoms with Gasteiger partial charge in [0.15, 0.2) is 0 Å². The van der Waals surface area contributed by atoms with E-state index >= 15 is 0 Å². The van der Waals surface area contributed by atoms with Gasteiger partial charge in [-0.15, -0.1) is 0 Å². The molecule has 0 saturated carbocycles. The van der Waals surface area contributed by atoms with Crippen molar-refractivity contribution in [1.82, 2.24) is 0 Å². The van der Waals surface area contributed by atoms with Crippen molar-refractivity contribution >= 4 is 11.7 Å². The van der Waals surface area contributed by atoms with Gasteiger partial charge in [-0.1, -0.05) is 6.07 Å². The van der Waals surface area contributed by atoms with Crippen LogP contribution >= 0.6 is 0 Å². The van der Waals surface area contributed by atoms with Crippen LogP contribution in [0.1, 0.15) is 15.9 Å². The normalized spacial score (nSPS) is 10.3. The highest BCUT2D eigenvalue weighted by Crippen LogP contribution is 2.17. The van der Waals surface area contributed by atoms with E-state index in [0.29, 0.717) is 32.1 Å². The first-order chi connectivity index (χ1) is 8.65. The Kier molecular flexibility index (Phi) is 6.18. The van der Waals surface area contributed by atoms with Crippen LogP contribution in [0.15, 0.2) is 18.2 Å². The molecule has 1 aromatic rings. The predicted molar refractivity (Wildman–Crippen MR) is 69.3 cm³/mol. The van der Waals surface area contributed by atoms with E-state index in [4.69, 9.17) is 14.6 Å². The lowest BCUT2D eigenvalue weighted by atomic mass is 10.1. The lowest BCUT2D eigenvalue weighted by molar-refractivity contribution is 0.0697. The highest BCUT2D eigenvalue weighted by Gasteiger charge is 2.09. The molecule has 0 amide bonds. The predicted octanol–water partition coefficient (Wildman–Crippen LogP) is 1.77. The maximum Gasteiger partial charge on any atom is 0.337 e. The number of aromatic carboxylic acids is 1. The van der Waals surface area contributed by atoms with Crippen molar-refractivity contribution in [2.75, 3.05) is 38.8 Å². The summed E-state index contributed by atoms with van der Waals surface area (Å²) in [5, 5.41) is 12.1. The number of hydrogen-bond donors (Lipinski definition) is 2. The van der Waals surface area contributed by atoms with Gasteiger partial charge < -0.3 is 19.9 Å². The second-order valence-corrected chi connectivity index (χ2v) is 3.89. The molecule has 0 radical (unpaired) electrons. The van der Waals surface area contributed by atoms with E-state index in [2.05, 4.69) is 5.32 Å². The van der Waals surface area contributed by atoms with Gasteiger partial charge in [-0.2, -0.15) is 0 Å². The minimum absolute atomic E-state index is 0.275. The van der Waals surface area contributed by atoms with Crippen LogP contribution < -0.4 is 5.32 Å². The minimum atomic E-state index is -0.933. The van der Waals surface area contributed by atoms with Crippen LogP contribution in [-0.4, -0.2) is 44.6 Å². The van der Waals surface area contributed by atoms with E-state index < -0.39 is 5.97 Å². The fraction of sp³-hybridized carbons (Fsp3) is 0.462. The Morgan fingerprint density at radius 1 is 1.33 bits per heavy atom. The highest BCUT2D eigenvalue weighted by atomic mass is 16.5. The van der Waals surface area contributed by atoms with Gasteiger partial charge in [-0.05, 0) is 24.6 Å². The summed E-state index contributed by atoms with van der Waals surface area (Å²) in [5.41, 5.74) is 1.91. The number of rotatable bonds is 8. The summed E-state index contributed by atoms with van der Waals surface area (Å²) >= 11 is 0. The molecule has 0 heterocycles. The number of aryl methyl sites for hydroxylation is 1. The van der Waals surface area contributed by atoms with E-state index in [-0.39, 0.29) is 5.56 Å². The van der Waals surface area contributed by atoms with Crippen LogP contribution in [0.25, 0.3) is 0 Å². The molecule has 1 rings (SSSR count). The summed E-state index contributed by atoms with van der Waals surface area (Å²) in [6.45, 7) is 4.10. The monoisotopic (exact) mass is 253 g/mol. The summed E-state index contributed by atoms with van der Waals surface area (Å²) in [6, 6.07) is 5.20. The number of carboxylic acids is 1. The first-order valence-electron chi connectivity index (χ1n) is 5.79. The summed E-state index contributed by atoms with van der Waals surface area (Å²) < 4.78 is 10.1. The first kappa shape index (κ1) is 14.5. The molecule has 0 bridgehead atoms. The van der Waals surface area contributed by atoms with Gasteiger partial charge in [0.25, 0.3) is 0 Å². The minimum Gasteiger partial charge on any atom is -0.478 e. The zero-order valence-electron chi connectivity index (χ0n) is 10.7. The third-order valence-corrected chi connectivity index (χ3v) is 2.40. The molecule has 0 aromatic heterocycles. The lowest BCUT2D eigenvalue weighted by Crippen LogP contribution is -2.14. The van der Waals surface area contributed by atoms with Crippen molar-refractivity contribution in [3.8, 4) is 0 Å². The number of ether oxygens (including phenoxy) is 2. The van der Waals surface area contributed by atoms with Crippen LogP contribution in [0, 0.1) is 6.92 Å². The lowest BCUT2D eigenvalue weighted by Gasteiger charge is -2.10. The Balaban J connectivity index is 2.45. The molecule has 0 aliphatic heterocycles. The molecular weight excluding hydrogens is 234 g/mol. The molecule has 100 valence electrons. The molecule has 0 fully saturated rings. The van der Waals surface area contributed by atoms with Crippen LogP contribution in [0.4, 0.5) is 5.69 Å². The van der Waals surface area contributed by atoms with Crippen molar-refractivity contribution in [2.45, 2.75) is 6.92 Å². The Bertz CT molecular complexity index is 393. The van der Waals surface area contributed by atoms with Crippen molar-refractivity contribution in [3.05, 3.63) is 29.3 Å². The van der Waals surface area contributed by atoms with E-state index in [0.717, 1.165) is 5.56 Å². The number of benzene rings is 1. The Morgan fingerprint density at radius 3 is 2.78 bits per heavy atom. The molecular formula is C13H19NO4. The van der Waals surface area contributed by atoms with Crippen molar-refractivity contribution in [2.24, 2.45) is 0 Å². The van der Waals surface area contributed by atoms with E-state index in [1.54, 1.807) is 19.2 Å². The molecule has 5 nitrogen and oxygen atoms in total. The highest BCUT2D eigenvalue weighted by molar-refractivity contribution is 5.94. The maximum atomic E-state index is 11.0. The van der Waals surface area contributed by atoms with Crippen LogP contribution in [0.3, 0.4) is 0 Å². The molecule has 0 unspecified atom stereocenters. The van der Waals surface area contributed by atoms with Gasteiger partial charge in [0, 0.05) is 19.3 Å². The Morgan fingerprint density at radius 2 is 2.11 bits per heavy atom. The van der Waals surface area contributed by atoms with Gasteiger partial charge in [0.1, 0.15) is 0 Å². The molecule has 0 spiro atoms. The van der Waals surface area contributed by atoms with Gasteiger partial charge in [-0.25, -0.2) is 4.79 Å². The third kappa shape index (κ3) is 4.73. The zero-order chi connectivity index (χ0) is 13.4. The third-order valence-electron chi connectivity index (χ3n) is 2.40. The first-order valence-corrected chi connectivity index (χ1v) is 5.79. The quantitative estimate of drug-likeness (QED) is 0.691. The maximum absolute atomic E-state index is 11.0. The number of nitrogens with one attached hydrogen (secondary N) is 1. The molecule has 0 aliphatic rings. The van der Waals surface area contributed by atoms with E-state index in [1.807, 2.05) is 13.0 Å². The molecule has 0 atom stereocenters. The van der Waals surface area contributed by atoms with Crippen molar-refractivity contribution in [3.63, 3.8) is 0 Å². The van der Waals surface area contributed by atoms with Crippen LogP contribution in [0.5, 0.6) is 0 Å². The molecule has 0 saturated heterocycles. The molecule has 2 N–H and O–H groups in total. The fourth-order valence-electron chi connectivity index (χ4n) is 1.49. The number of carboxylic acid groups (broad SMARTS) is 1. The van der Waals surface area contributed by atoms with Crippen molar-refractivity contribution < 1.29 is 19.4 Å². The zero-order valence-corrected chi connectivity index (χ0v) is 10.7. The molecule has 5 heteroatoms. The second-order valence-electron chi connectivity index (χ2n) is 3.89. The summed E-state index contributed by atoms with van der Waals surface area (Å²) in [4.78, 5) is 11.0. The topological polar surface area (TPSA) is 67.8 Å². The Labute approximate surface area is 107 Å². The summed E-state index contributed by atoms with van der Waals surface area (Å²) in [5.74, 6) is -0.933. The molecule has 18 heavy (non-hydrogen) atoms. The molecule has 1 aromatic carbocycles.